The molecule has 0 bridgehead atoms. The normalized spacial score (nSPS) is 10.5. The summed E-state index contributed by atoms with van der Waals surface area (Å²) in [6.45, 7) is 9.32. The third kappa shape index (κ3) is 7.14. The highest BCUT2D eigenvalue weighted by molar-refractivity contribution is 5.88. The van der Waals surface area contributed by atoms with Crippen molar-refractivity contribution < 1.29 is 9.53 Å². The zero-order valence-corrected chi connectivity index (χ0v) is 8.39. The van der Waals surface area contributed by atoms with Crippen LogP contribution in [0.2, 0.25) is 0 Å². The largest absolute Gasteiger partial charge is 0.450 e. The second-order valence-electron chi connectivity index (χ2n) is 3.93. The van der Waals surface area contributed by atoms with Crippen molar-refractivity contribution in [3.05, 3.63) is 0 Å². The quantitative estimate of drug-likeness (QED) is 0.314. The highest BCUT2D eigenvalue weighted by Crippen LogP contribution is 2.06. The Labute approximate surface area is 74.3 Å². The summed E-state index contributed by atoms with van der Waals surface area (Å²) >= 11 is 0. The predicted molar refractivity (Wildman–Crippen MR) is 48.5 cm³/mol. The maximum Gasteiger partial charge on any atom is 0.384 e. The van der Waals surface area contributed by atoms with Gasteiger partial charge >= 0.3 is 5.97 Å². The van der Waals surface area contributed by atoms with Gasteiger partial charge in [0.1, 0.15) is 5.60 Å². The van der Waals surface area contributed by atoms with Gasteiger partial charge in [-0.2, -0.15) is 0 Å². The first-order chi connectivity index (χ1) is 5.31. The fourth-order valence-corrected chi connectivity index (χ4v) is 0.507. The highest BCUT2D eigenvalue weighted by atomic mass is 16.6. The van der Waals surface area contributed by atoms with E-state index in [9.17, 15) is 4.79 Å². The lowest BCUT2D eigenvalue weighted by Crippen LogP contribution is -2.22. The van der Waals surface area contributed by atoms with E-state index in [4.69, 9.17) is 4.74 Å². The lowest BCUT2D eigenvalue weighted by atomic mass is 10.2. The molecule has 2 nitrogen and oxygen atoms in total. The van der Waals surface area contributed by atoms with Gasteiger partial charge < -0.3 is 4.74 Å². The average Bonchev–Trinajstić information content (AvgIpc) is 1.79. The Bertz CT molecular complexity index is 210. The maximum absolute atomic E-state index is 11.0. The van der Waals surface area contributed by atoms with Gasteiger partial charge in [-0.1, -0.05) is 19.8 Å². The molecule has 0 aromatic rings. The first-order valence-electron chi connectivity index (χ1n) is 4.06. The number of carbonyl (C=O) groups excluding carboxylic acids is 1. The van der Waals surface area contributed by atoms with Gasteiger partial charge in [0.15, 0.2) is 0 Å². The molecule has 0 amide bonds. The minimum atomic E-state index is -0.448. The van der Waals surface area contributed by atoms with Crippen LogP contribution in [0.15, 0.2) is 0 Å². The van der Waals surface area contributed by atoms with Crippen LogP contribution in [-0.4, -0.2) is 11.6 Å². The number of ether oxygens (including phenoxy) is 1. The van der Waals surface area contributed by atoms with E-state index in [1.54, 1.807) is 0 Å². The maximum atomic E-state index is 11.0. The molecule has 0 saturated heterocycles. The van der Waals surface area contributed by atoms with E-state index in [2.05, 4.69) is 11.8 Å². The van der Waals surface area contributed by atoms with Crippen LogP contribution in [0.3, 0.4) is 0 Å². The molecule has 0 aliphatic rings. The molecule has 68 valence electrons. The summed E-state index contributed by atoms with van der Waals surface area (Å²) in [6.07, 6.45) is 0. The Hall–Kier alpha value is -0.970. The molecular weight excluding hydrogens is 152 g/mol. The van der Waals surface area contributed by atoms with Gasteiger partial charge in [-0.15, -0.1) is 0 Å². The number of hydrogen-bond acceptors (Lipinski definition) is 2. The molecule has 0 radical (unpaired) electrons. The van der Waals surface area contributed by atoms with E-state index in [1.165, 1.54) is 0 Å². The van der Waals surface area contributed by atoms with Gasteiger partial charge in [0, 0.05) is 11.8 Å². The van der Waals surface area contributed by atoms with Crippen LogP contribution in [-0.2, 0) is 9.53 Å². The van der Waals surface area contributed by atoms with Crippen LogP contribution in [0.1, 0.15) is 34.6 Å². The number of carbonyl (C=O) groups is 1. The SMILES string of the molecule is CC(C)C#CC(=O)OC(C)(C)C. The molecule has 0 atom stereocenters. The summed E-state index contributed by atoms with van der Waals surface area (Å²) in [5.41, 5.74) is -0.442. The molecule has 0 aliphatic carbocycles. The minimum Gasteiger partial charge on any atom is -0.450 e. The average molecular weight is 168 g/mol. The van der Waals surface area contributed by atoms with E-state index in [0.29, 0.717) is 0 Å². The molecule has 0 spiro atoms. The lowest BCUT2D eigenvalue weighted by Gasteiger charge is -2.16. The van der Waals surface area contributed by atoms with Crippen LogP contribution >= 0.6 is 0 Å². The zero-order chi connectivity index (χ0) is 9.78. The molecule has 0 aromatic heterocycles. The Morgan fingerprint density at radius 2 is 1.83 bits per heavy atom. The molecule has 0 aliphatic heterocycles. The summed E-state index contributed by atoms with van der Waals surface area (Å²) in [4.78, 5) is 11.0. The minimum absolute atomic E-state index is 0.206. The second kappa shape index (κ2) is 4.15. The van der Waals surface area contributed by atoms with E-state index >= 15 is 0 Å². The third-order valence-electron chi connectivity index (χ3n) is 0.862. The summed E-state index contributed by atoms with van der Waals surface area (Å²) in [6, 6.07) is 0. The molecule has 0 fully saturated rings. The molecule has 0 saturated carbocycles. The molecule has 12 heavy (non-hydrogen) atoms. The first-order valence-corrected chi connectivity index (χ1v) is 4.06. The number of hydrogen-bond donors (Lipinski definition) is 0. The Morgan fingerprint density at radius 1 is 1.33 bits per heavy atom. The van der Waals surface area contributed by atoms with Crippen LogP contribution in [0.5, 0.6) is 0 Å². The highest BCUT2D eigenvalue weighted by Gasteiger charge is 2.13. The van der Waals surface area contributed by atoms with E-state index in [1.807, 2.05) is 34.6 Å². The van der Waals surface area contributed by atoms with Crippen molar-refractivity contribution in [1.29, 1.82) is 0 Å². The zero-order valence-electron chi connectivity index (χ0n) is 8.39. The fraction of sp³-hybridized carbons (Fsp3) is 0.700. The van der Waals surface area contributed by atoms with Crippen LogP contribution in [0.4, 0.5) is 0 Å². The lowest BCUT2D eigenvalue weighted by molar-refractivity contribution is -0.147. The Morgan fingerprint density at radius 3 is 2.17 bits per heavy atom. The standard InChI is InChI=1S/C10H16O2/c1-8(2)6-7-9(11)12-10(3,4)5/h8H,1-5H3. The van der Waals surface area contributed by atoms with Gasteiger partial charge in [0.25, 0.3) is 0 Å². The van der Waals surface area contributed by atoms with Gasteiger partial charge in [-0.05, 0) is 20.8 Å². The summed E-state index contributed by atoms with van der Waals surface area (Å²) in [5.74, 6) is 4.93. The van der Waals surface area contributed by atoms with Crippen LogP contribution in [0, 0.1) is 17.8 Å². The van der Waals surface area contributed by atoms with Gasteiger partial charge in [-0.3, -0.25) is 0 Å². The number of rotatable bonds is 0. The van der Waals surface area contributed by atoms with Crippen molar-refractivity contribution in [2.45, 2.75) is 40.2 Å². The summed E-state index contributed by atoms with van der Waals surface area (Å²) in [5, 5.41) is 0. The van der Waals surface area contributed by atoms with E-state index in [-0.39, 0.29) is 5.92 Å². The first kappa shape index (κ1) is 11.0. The molecule has 0 heterocycles. The third-order valence-corrected chi connectivity index (χ3v) is 0.862. The molecule has 0 aromatic carbocycles. The smallest absolute Gasteiger partial charge is 0.384 e. The fourth-order valence-electron chi connectivity index (χ4n) is 0.507. The van der Waals surface area contributed by atoms with Gasteiger partial charge in [0.2, 0.25) is 0 Å². The summed E-state index contributed by atoms with van der Waals surface area (Å²) in [7, 11) is 0. The number of esters is 1. The topological polar surface area (TPSA) is 26.3 Å². The molecule has 0 rings (SSSR count). The molecule has 0 N–H and O–H groups in total. The summed E-state index contributed by atoms with van der Waals surface area (Å²) < 4.78 is 4.98. The second-order valence-corrected chi connectivity index (χ2v) is 3.93. The molecule has 2 heteroatoms. The van der Waals surface area contributed by atoms with Crippen molar-refractivity contribution in [3.63, 3.8) is 0 Å². The van der Waals surface area contributed by atoms with Crippen molar-refractivity contribution >= 4 is 5.97 Å². The van der Waals surface area contributed by atoms with Crippen molar-refractivity contribution in [2.24, 2.45) is 5.92 Å². The van der Waals surface area contributed by atoms with Gasteiger partial charge in [0.05, 0.1) is 0 Å². The van der Waals surface area contributed by atoms with Crippen molar-refractivity contribution in [1.82, 2.24) is 0 Å². The Balaban J connectivity index is 4.02. The molecule has 0 unspecified atom stereocenters. The van der Waals surface area contributed by atoms with Crippen molar-refractivity contribution in [3.8, 4) is 11.8 Å². The monoisotopic (exact) mass is 168 g/mol. The van der Waals surface area contributed by atoms with E-state index in [0.717, 1.165) is 0 Å². The van der Waals surface area contributed by atoms with Gasteiger partial charge in [-0.25, -0.2) is 4.79 Å². The van der Waals surface area contributed by atoms with Crippen LogP contribution in [0.25, 0.3) is 0 Å². The van der Waals surface area contributed by atoms with E-state index < -0.39 is 11.6 Å². The van der Waals surface area contributed by atoms with Crippen molar-refractivity contribution in [2.75, 3.05) is 0 Å². The predicted octanol–water partition coefficient (Wildman–Crippen LogP) is 1.99. The molecular formula is C10H16O2. The van der Waals surface area contributed by atoms with Crippen LogP contribution < -0.4 is 0 Å². The Kier molecular flexibility index (Phi) is 3.82.